The fourth-order valence-corrected chi connectivity index (χ4v) is 2.65. The molecule has 1 aromatic carbocycles. The predicted molar refractivity (Wildman–Crippen MR) is 67.5 cm³/mol. The van der Waals surface area contributed by atoms with Crippen LogP contribution in [0.2, 0.25) is 0 Å². The van der Waals surface area contributed by atoms with Crippen LogP contribution in [0, 0.1) is 12.8 Å². The molecule has 0 heterocycles. The maximum Gasteiger partial charge on any atom is 0.0571 e. The molecule has 1 aliphatic rings. The Labute approximate surface area is 98.5 Å². The fourth-order valence-electron chi connectivity index (χ4n) is 2.65. The molecule has 1 atom stereocenters. The van der Waals surface area contributed by atoms with Gasteiger partial charge in [0.1, 0.15) is 0 Å². The molecule has 1 N–H and O–H groups in total. The predicted octanol–water partition coefficient (Wildman–Crippen LogP) is 3.48. The molecule has 0 bridgehead atoms. The maximum absolute atomic E-state index is 10.1. The van der Waals surface area contributed by atoms with Crippen molar-refractivity contribution in [2.24, 2.45) is 5.92 Å². The van der Waals surface area contributed by atoms with Crippen molar-refractivity contribution in [2.75, 3.05) is 0 Å². The molecule has 0 amide bonds. The minimum atomic E-state index is -0.0798. The van der Waals surface area contributed by atoms with Gasteiger partial charge in [-0.25, -0.2) is 0 Å². The van der Waals surface area contributed by atoms with Crippen molar-refractivity contribution in [2.45, 2.75) is 51.6 Å². The summed E-state index contributed by atoms with van der Waals surface area (Å²) in [5.41, 5.74) is 2.66. The van der Waals surface area contributed by atoms with Crippen LogP contribution in [-0.2, 0) is 6.42 Å². The molecule has 16 heavy (non-hydrogen) atoms. The van der Waals surface area contributed by atoms with Gasteiger partial charge in [-0.3, -0.25) is 0 Å². The van der Waals surface area contributed by atoms with E-state index in [4.69, 9.17) is 0 Å². The van der Waals surface area contributed by atoms with Gasteiger partial charge in [0.05, 0.1) is 6.10 Å². The molecule has 1 saturated carbocycles. The van der Waals surface area contributed by atoms with Gasteiger partial charge < -0.3 is 5.11 Å². The van der Waals surface area contributed by atoms with E-state index in [-0.39, 0.29) is 6.10 Å². The van der Waals surface area contributed by atoms with E-state index < -0.39 is 0 Å². The topological polar surface area (TPSA) is 20.2 Å². The first-order chi connectivity index (χ1) is 7.75. The molecule has 2 rings (SSSR count). The summed E-state index contributed by atoms with van der Waals surface area (Å²) in [6.45, 7) is 2.11. The van der Waals surface area contributed by atoms with E-state index in [9.17, 15) is 5.11 Å². The molecule has 0 radical (unpaired) electrons. The van der Waals surface area contributed by atoms with E-state index in [2.05, 4.69) is 31.2 Å². The van der Waals surface area contributed by atoms with Crippen LogP contribution in [0.5, 0.6) is 0 Å². The third-order valence-electron chi connectivity index (χ3n) is 3.79. The molecule has 1 aromatic rings. The summed E-state index contributed by atoms with van der Waals surface area (Å²) in [5.74, 6) is 0.574. The summed E-state index contributed by atoms with van der Waals surface area (Å²) < 4.78 is 0. The van der Waals surface area contributed by atoms with Crippen molar-refractivity contribution in [3.63, 3.8) is 0 Å². The highest BCUT2D eigenvalue weighted by Crippen LogP contribution is 2.29. The quantitative estimate of drug-likeness (QED) is 0.820. The summed E-state index contributed by atoms with van der Waals surface area (Å²) in [4.78, 5) is 0. The van der Waals surface area contributed by atoms with Gasteiger partial charge in [0.25, 0.3) is 0 Å². The van der Waals surface area contributed by atoms with E-state index in [1.807, 2.05) is 0 Å². The first kappa shape index (κ1) is 11.7. The van der Waals surface area contributed by atoms with Gasteiger partial charge in [-0.05, 0) is 44.1 Å². The Morgan fingerprint density at radius 3 is 2.44 bits per heavy atom. The van der Waals surface area contributed by atoms with E-state index >= 15 is 0 Å². The van der Waals surface area contributed by atoms with Gasteiger partial charge in [-0.1, -0.05) is 42.7 Å². The number of aliphatic hydroxyl groups is 1. The second kappa shape index (κ2) is 5.49. The number of aryl methyl sites for hydroxylation is 2. The van der Waals surface area contributed by atoms with Crippen molar-refractivity contribution in [1.29, 1.82) is 0 Å². The van der Waals surface area contributed by atoms with Gasteiger partial charge in [0.15, 0.2) is 0 Å². The second-order valence-corrected chi connectivity index (χ2v) is 5.14. The first-order valence-corrected chi connectivity index (χ1v) is 6.49. The average Bonchev–Trinajstić information content (AvgIpc) is 2.81. The number of rotatable bonds is 4. The molecule has 1 unspecified atom stereocenters. The summed E-state index contributed by atoms with van der Waals surface area (Å²) >= 11 is 0. The number of hydrogen-bond acceptors (Lipinski definition) is 1. The van der Waals surface area contributed by atoms with E-state index in [1.54, 1.807) is 0 Å². The Morgan fingerprint density at radius 1 is 1.19 bits per heavy atom. The largest absolute Gasteiger partial charge is 0.393 e. The third kappa shape index (κ3) is 3.08. The fraction of sp³-hybridized carbons (Fsp3) is 0.600. The summed E-state index contributed by atoms with van der Waals surface area (Å²) in [7, 11) is 0. The Hall–Kier alpha value is -0.820. The van der Waals surface area contributed by atoms with Crippen LogP contribution in [0.4, 0.5) is 0 Å². The zero-order valence-electron chi connectivity index (χ0n) is 10.2. The molecule has 0 spiro atoms. The average molecular weight is 218 g/mol. The van der Waals surface area contributed by atoms with Crippen LogP contribution >= 0.6 is 0 Å². The van der Waals surface area contributed by atoms with Crippen molar-refractivity contribution < 1.29 is 5.11 Å². The van der Waals surface area contributed by atoms with Crippen molar-refractivity contribution in [3.8, 4) is 0 Å². The minimum Gasteiger partial charge on any atom is -0.393 e. The van der Waals surface area contributed by atoms with Gasteiger partial charge in [0, 0.05) is 0 Å². The Morgan fingerprint density at radius 2 is 1.81 bits per heavy atom. The van der Waals surface area contributed by atoms with Crippen LogP contribution in [-0.4, -0.2) is 11.2 Å². The molecule has 0 aliphatic heterocycles. The van der Waals surface area contributed by atoms with Crippen molar-refractivity contribution >= 4 is 0 Å². The molecular weight excluding hydrogens is 196 g/mol. The maximum atomic E-state index is 10.1. The highest BCUT2D eigenvalue weighted by atomic mass is 16.3. The van der Waals surface area contributed by atoms with Gasteiger partial charge in [-0.2, -0.15) is 0 Å². The Bertz CT molecular complexity index is 309. The van der Waals surface area contributed by atoms with Crippen LogP contribution in [0.3, 0.4) is 0 Å². The van der Waals surface area contributed by atoms with Gasteiger partial charge in [-0.15, -0.1) is 0 Å². The zero-order valence-corrected chi connectivity index (χ0v) is 10.2. The summed E-state index contributed by atoms with van der Waals surface area (Å²) in [6.07, 6.45) is 6.94. The number of aliphatic hydroxyl groups excluding tert-OH is 1. The zero-order chi connectivity index (χ0) is 11.4. The number of benzene rings is 1. The minimum absolute atomic E-state index is 0.0798. The van der Waals surface area contributed by atoms with E-state index in [0.717, 1.165) is 12.8 Å². The molecule has 88 valence electrons. The molecular formula is C15H22O. The Kier molecular flexibility index (Phi) is 4.00. The lowest BCUT2D eigenvalue weighted by atomic mass is 9.95. The smallest absolute Gasteiger partial charge is 0.0571 e. The molecule has 1 fully saturated rings. The van der Waals surface area contributed by atoms with E-state index in [1.165, 1.54) is 36.8 Å². The molecule has 0 aromatic heterocycles. The van der Waals surface area contributed by atoms with Crippen LogP contribution < -0.4 is 0 Å². The standard InChI is InChI=1S/C15H22O/c1-12-6-8-13(9-7-12)10-11-15(16)14-4-2-3-5-14/h6-9,14-16H,2-5,10-11H2,1H3. The monoisotopic (exact) mass is 218 g/mol. The van der Waals surface area contributed by atoms with Crippen LogP contribution in [0.1, 0.15) is 43.2 Å². The Balaban J connectivity index is 1.80. The lowest BCUT2D eigenvalue weighted by molar-refractivity contribution is 0.102. The number of hydrogen-bond donors (Lipinski definition) is 1. The summed E-state index contributed by atoms with van der Waals surface area (Å²) in [5, 5.41) is 10.1. The van der Waals surface area contributed by atoms with Crippen molar-refractivity contribution in [1.82, 2.24) is 0 Å². The van der Waals surface area contributed by atoms with Gasteiger partial charge in [0.2, 0.25) is 0 Å². The SMILES string of the molecule is Cc1ccc(CCC(O)C2CCCC2)cc1. The highest BCUT2D eigenvalue weighted by molar-refractivity contribution is 5.21. The van der Waals surface area contributed by atoms with Gasteiger partial charge >= 0.3 is 0 Å². The molecule has 1 nitrogen and oxygen atoms in total. The first-order valence-electron chi connectivity index (χ1n) is 6.49. The van der Waals surface area contributed by atoms with Crippen LogP contribution in [0.25, 0.3) is 0 Å². The molecule has 1 aliphatic carbocycles. The van der Waals surface area contributed by atoms with Crippen LogP contribution in [0.15, 0.2) is 24.3 Å². The third-order valence-corrected chi connectivity index (χ3v) is 3.79. The molecule has 1 heteroatoms. The lowest BCUT2D eigenvalue weighted by Gasteiger charge is -2.17. The van der Waals surface area contributed by atoms with E-state index in [0.29, 0.717) is 5.92 Å². The summed E-state index contributed by atoms with van der Waals surface area (Å²) in [6, 6.07) is 8.65. The molecule has 0 saturated heterocycles. The lowest BCUT2D eigenvalue weighted by Crippen LogP contribution is -2.18. The highest BCUT2D eigenvalue weighted by Gasteiger charge is 2.22. The van der Waals surface area contributed by atoms with Crippen molar-refractivity contribution in [3.05, 3.63) is 35.4 Å². The second-order valence-electron chi connectivity index (χ2n) is 5.14. The normalized spacial score (nSPS) is 18.9.